The van der Waals surface area contributed by atoms with E-state index in [0.717, 1.165) is 37.3 Å². The van der Waals surface area contributed by atoms with Gasteiger partial charge in [-0.2, -0.15) is 5.10 Å². The van der Waals surface area contributed by atoms with Crippen molar-refractivity contribution in [1.29, 1.82) is 0 Å². The summed E-state index contributed by atoms with van der Waals surface area (Å²) in [5.41, 5.74) is 2.66. The number of anilines is 1. The van der Waals surface area contributed by atoms with Crippen molar-refractivity contribution in [3.63, 3.8) is 0 Å². The molecule has 174 valence electrons. The molecule has 2 N–H and O–H groups in total. The van der Waals surface area contributed by atoms with E-state index < -0.39 is 0 Å². The van der Waals surface area contributed by atoms with Crippen LogP contribution in [0.15, 0.2) is 60.9 Å². The molecule has 1 heterocycles. The van der Waals surface area contributed by atoms with Crippen LogP contribution in [0.3, 0.4) is 0 Å². The van der Waals surface area contributed by atoms with Crippen LogP contribution in [0.25, 0.3) is 5.69 Å². The number of halogens is 1. The average Bonchev–Trinajstić information content (AvgIpc) is 3.29. The van der Waals surface area contributed by atoms with Gasteiger partial charge in [-0.15, -0.1) is 0 Å². The summed E-state index contributed by atoms with van der Waals surface area (Å²) in [6, 6.07) is 14.4. The van der Waals surface area contributed by atoms with Crippen molar-refractivity contribution in [3.8, 4) is 5.69 Å². The highest BCUT2D eigenvalue weighted by molar-refractivity contribution is 6.33. The van der Waals surface area contributed by atoms with Crippen molar-refractivity contribution in [2.45, 2.75) is 26.7 Å². The molecule has 0 radical (unpaired) electrons. The Balaban J connectivity index is 1.56. The lowest BCUT2D eigenvalue weighted by atomic mass is 10.2. The van der Waals surface area contributed by atoms with Crippen LogP contribution < -0.4 is 10.6 Å². The Bertz CT molecular complexity index is 1080. The van der Waals surface area contributed by atoms with E-state index in [-0.39, 0.29) is 18.2 Å². The summed E-state index contributed by atoms with van der Waals surface area (Å²) in [7, 11) is 0. The average molecular weight is 468 g/mol. The number of aromatic nitrogens is 2. The first kappa shape index (κ1) is 24.5. The Kier molecular flexibility index (Phi) is 9.04. The zero-order valence-corrected chi connectivity index (χ0v) is 19.8. The van der Waals surface area contributed by atoms with Crippen molar-refractivity contribution >= 4 is 29.1 Å². The van der Waals surface area contributed by atoms with Gasteiger partial charge in [0.25, 0.3) is 5.91 Å². The van der Waals surface area contributed by atoms with Crippen molar-refractivity contribution in [2.24, 2.45) is 0 Å². The van der Waals surface area contributed by atoms with Crippen LogP contribution in [0.2, 0.25) is 5.02 Å². The van der Waals surface area contributed by atoms with Gasteiger partial charge in [0.2, 0.25) is 5.91 Å². The van der Waals surface area contributed by atoms with Crippen molar-refractivity contribution in [2.75, 3.05) is 31.5 Å². The Labute approximate surface area is 199 Å². The maximum atomic E-state index is 12.5. The zero-order chi connectivity index (χ0) is 23.6. The van der Waals surface area contributed by atoms with Gasteiger partial charge in [0.15, 0.2) is 0 Å². The molecule has 0 aliphatic heterocycles. The van der Waals surface area contributed by atoms with E-state index in [1.165, 1.54) is 0 Å². The minimum absolute atomic E-state index is 0.108. The lowest BCUT2D eigenvalue weighted by Crippen LogP contribution is -2.29. The number of nitrogens with one attached hydrogen (secondary N) is 2. The third kappa shape index (κ3) is 7.17. The monoisotopic (exact) mass is 467 g/mol. The minimum atomic E-state index is -0.180. The number of hydrogen-bond acceptors (Lipinski definition) is 4. The van der Waals surface area contributed by atoms with E-state index in [1.807, 2.05) is 24.3 Å². The predicted octanol–water partition coefficient (Wildman–Crippen LogP) is 4.17. The minimum Gasteiger partial charge on any atom is -0.352 e. The van der Waals surface area contributed by atoms with Crippen LogP contribution in [-0.2, 0) is 11.2 Å². The normalized spacial score (nSPS) is 10.9. The first-order chi connectivity index (χ1) is 16.0. The summed E-state index contributed by atoms with van der Waals surface area (Å²) in [5.74, 6) is -0.289. The van der Waals surface area contributed by atoms with Gasteiger partial charge in [-0.05, 0) is 62.0 Å². The Morgan fingerprint density at radius 2 is 1.88 bits per heavy atom. The molecule has 0 saturated carbocycles. The fraction of sp³-hybridized carbons (Fsp3) is 0.320. The van der Waals surface area contributed by atoms with Gasteiger partial charge >= 0.3 is 0 Å². The van der Waals surface area contributed by atoms with Crippen molar-refractivity contribution < 1.29 is 9.59 Å². The molecule has 0 fully saturated rings. The van der Waals surface area contributed by atoms with Gasteiger partial charge in [0.05, 0.1) is 29.0 Å². The number of benzene rings is 2. The van der Waals surface area contributed by atoms with E-state index in [4.69, 9.17) is 11.6 Å². The largest absolute Gasteiger partial charge is 0.352 e. The fourth-order valence-electron chi connectivity index (χ4n) is 3.47. The number of nitrogens with zero attached hydrogens (tertiary/aromatic N) is 3. The molecule has 7 nitrogen and oxygen atoms in total. The molecule has 2 aromatic carbocycles. The molecule has 3 aromatic rings. The molecule has 0 aliphatic rings. The summed E-state index contributed by atoms with van der Waals surface area (Å²) in [6.07, 6.45) is 4.50. The molecule has 1 aromatic heterocycles. The first-order valence-corrected chi connectivity index (χ1v) is 11.6. The second kappa shape index (κ2) is 12.2. The molecule has 0 atom stereocenters. The number of hydrogen-bond donors (Lipinski definition) is 2. The lowest BCUT2D eigenvalue weighted by Gasteiger charge is -2.17. The molecule has 3 rings (SSSR count). The van der Waals surface area contributed by atoms with Crippen molar-refractivity contribution in [1.82, 2.24) is 20.0 Å². The number of rotatable bonds is 11. The Morgan fingerprint density at radius 3 is 2.64 bits per heavy atom. The third-order valence-electron chi connectivity index (χ3n) is 5.35. The van der Waals surface area contributed by atoms with Gasteiger partial charge < -0.3 is 15.5 Å². The van der Waals surface area contributed by atoms with Gasteiger partial charge in [-0.25, -0.2) is 4.68 Å². The quantitative estimate of drug-likeness (QED) is 0.415. The van der Waals surface area contributed by atoms with Gasteiger partial charge in [-0.3, -0.25) is 9.59 Å². The number of carbonyl (C=O) groups excluding carboxylic acids is 2. The Morgan fingerprint density at radius 1 is 1.09 bits per heavy atom. The van der Waals surface area contributed by atoms with E-state index in [9.17, 15) is 9.59 Å². The van der Waals surface area contributed by atoms with Crippen LogP contribution in [0, 0.1) is 0 Å². The maximum Gasteiger partial charge on any atom is 0.251 e. The molecule has 2 amide bonds. The molecule has 33 heavy (non-hydrogen) atoms. The van der Waals surface area contributed by atoms with E-state index in [0.29, 0.717) is 22.8 Å². The molecule has 0 spiro atoms. The highest BCUT2D eigenvalue weighted by Crippen LogP contribution is 2.20. The van der Waals surface area contributed by atoms with Crippen molar-refractivity contribution in [3.05, 3.63) is 77.1 Å². The smallest absolute Gasteiger partial charge is 0.251 e. The molecular formula is C25H30ClN5O2. The second-order valence-corrected chi connectivity index (χ2v) is 8.09. The van der Waals surface area contributed by atoms with E-state index in [1.54, 1.807) is 41.3 Å². The summed E-state index contributed by atoms with van der Waals surface area (Å²) in [5, 5.41) is 10.6. The second-order valence-electron chi connectivity index (χ2n) is 7.68. The van der Waals surface area contributed by atoms with Crippen LogP contribution >= 0.6 is 11.6 Å². The summed E-state index contributed by atoms with van der Waals surface area (Å²) < 4.78 is 1.66. The Hall–Kier alpha value is -3.16. The third-order valence-corrected chi connectivity index (χ3v) is 5.68. The fourth-order valence-corrected chi connectivity index (χ4v) is 3.65. The van der Waals surface area contributed by atoms with E-state index >= 15 is 0 Å². The van der Waals surface area contributed by atoms with Gasteiger partial charge in [-0.1, -0.05) is 43.6 Å². The number of amides is 2. The summed E-state index contributed by atoms with van der Waals surface area (Å²) >= 11 is 6.10. The van der Waals surface area contributed by atoms with Crippen LogP contribution in [0.1, 0.15) is 36.2 Å². The zero-order valence-electron chi connectivity index (χ0n) is 19.1. The standard InChI is InChI=1S/C25H30ClN5O2/c1-3-30(4-2)14-8-13-27-25(33)20-9-7-10-21(16-20)31-18-19(17-28-31)15-24(32)29-23-12-6-5-11-22(23)26/h5-7,9-12,16-18H,3-4,8,13-15H2,1-2H3,(H,27,33)(H,29,32). The number of carbonyl (C=O) groups is 2. The van der Waals surface area contributed by atoms with E-state index in [2.05, 4.69) is 34.5 Å². The SMILES string of the molecule is CCN(CC)CCCNC(=O)c1cccc(-n2cc(CC(=O)Nc3ccccc3Cl)cn2)c1. The molecule has 0 saturated heterocycles. The number of para-hydroxylation sites is 1. The molecule has 0 unspecified atom stereocenters. The summed E-state index contributed by atoms with van der Waals surface area (Å²) in [6.45, 7) is 7.90. The molecule has 0 aliphatic carbocycles. The van der Waals surface area contributed by atoms with Gasteiger partial charge in [0, 0.05) is 18.3 Å². The van der Waals surface area contributed by atoms with Gasteiger partial charge in [0.1, 0.15) is 0 Å². The lowest BCUT2D eigenvalue weighted by molar-refractivity contribution is -0.115. The summed E-state index contributed by atoms with van der Waals surface area (Å²) in [4.78, 5) is 27.2. The van der Waals surface area contributed by atoms with Crippen LogP contribution in [0.4, 0.5) is 5.69 Å². The predicted molar refractivity (Wildman–Crippen MR) is 132 cm³/mol. The maximum absolute atomic E-state index is 12.5. The molecule has 0 bridgehead atoms. The first-order valence-electron chi connectivity index (χ1n) is 11.2. The topological polar surface area (TPSA) is 79.3 Å². The van der Waals surface area contributed by atoms with Crippen LogP contribution in [-0.4, -0.2) is 52.7 Å². The highest BCUT2D eigenvalue weighted by atomic mass is 35.5. The molecular weight excluding hydrogens is 438 g/mol. The van der Waals surface area contributed by atoms with Crippen LogP contribution in [0.5, 0.6) is 0 Å². The highest BCUT2D eigenvalue weighted by Gasteiger charge is 2.11. The molecule has 8 heteroatoms.